The molecule has 8 fully saturated rings. The minimum atomic E-state index is -1.74. The van der Waals surface area contributed by atoms with E-state index in [1.165, 1.54) is 0 Å². The molecule has 0 aromatic heterocycles. The zero-order valence-corrected chi connectivity index (χ0v) is 31.4. The van der Waals surface area contributed by atoms with Crippen molar-refractivity contribution in [1.82, 2.24) is 0 Å². The van der Waals surface area contributed by atoms with E-state index in [-0.39, 0.29) is 40.8 Å². The van der Waals surface area contributed by atoms with Gasteiger partial charge in [0.1, 0.15) is 54.6 Å². The van der Waals surface area contributed by atoms with Crippen molar-refractivity contribution < 1.29 is 69.0 Å². The molecule has 7 N–H and O–H groups in total. The zero-order chi connectivity index (χ0) is 37.8. The van der Waals surface area contributed by atoms with Crippen LogP contribution in [0.2, 0.25) is 0 Å². The molecule has 14 heteroatoms. The lowest BCUT2D eigenvalue weighted by Crippen LogP contribution is -2.65. The average molecular weight is 755 g/mol. The van der Waals surface area contributed by atoms with Gasteiger partial charge >= 0.3 is 0 Å². The van der Waals surface area contributed by atoms with Gasteiger partial charge in [-0.15, -0.1) is 0 Å². The van der Waals surface area contributed by atoms with Crippen molar-refractivity contribution in [3.05, 3.63) is 0 Å². The SMILES string of the molecule is C[C@@H]1CC[C@@]2(OC1)O[C@H]1C[C@H]3[C@@H]4CCC5C[C@H](O[C@@H]6O[C@@H](CO)[C@@H](O[C@@H]7O[C@H](CO)[C@@H](O)[C@H](O)[C@H]7O)[C@H](O)[C@H]6O)CC[C@]5(C)[C@H]4C(=O)C[C@]3(C)[C@H]1[C@@H]2C. The van der Waals surface area contributed by atoms with E-state index in [1.54, 1.807) is 0 Å². The summed E-state index contributed by atoms with van der Waals surface area (Å²) in [5.74, 6) is 1.91. The van der Waals surface area contributed by atoms with Gasteiger partial charge in [0.15, 0.2) is 18.4 Å². The predicted molar refractivity (Wildman–Crippen MR) is 183 cm³/mol. The van der Waals surface area contributed by atoms with Crippen LogP contribution in [0.4, 0.5) is 0 Å². The van der Waals surface area contributed by atoms with Crippen LogP contribution in [0.5, 0.6) is 0 Å². The molecular formula is C39H62O14. The van der Waals surface area contributed by atoms with Crippen molar-refractivity contribution in [3.8, 4) is 0 Å². The number of Topliss-reactive ketones (excluding diaryl/α,β-unsaturated/α-hetero) is 1. The van der Waals surface area contributed by atoms with Gasteiger partial charge in [0.2, 0.25) is 0 Å². The summed E-state index contributed by atoms with van der Waals surface area (Å²) in [6.07, 6.45) is -7.48. The van der Waals surface area contributed by atoms with Crippen LogP contribution in [0, 0.1) is 52.3 Å². The highest BCUT2D eigenvalue weighted by Crippen LogP contribution is 2.70. The number of carbonyl (C=O) groups excluding carboxylic acids is 1. The standard InChI is InChI=1S/C39H62O14/c1-17-7-10-39(48-16-17)18(2)27-24(53-39)12-22-21-6-5-19-11-20(8-9-37(19,3)28(21)23(42)13-38(22,27)4)49-35-33(47)31(45)34(26(15-41)51-35)52-36-32(46)30(44)29(43)25(14-40)50-36/h17-22,24-36,40-41,43-47H,5-16H2,1-4H3/t17-,18+,19?,20-,21+,22+,24+,25-,26+,27+,28-,29-,30+,31-,32-,33-,34-,35-,36+,37+,38+,39-/m1/s1. The second-order valence-electron chi connectivity index (χ2n) is 18.7. The fourth-order valence-electron chi connectivity index (χ4n) is 13.0. The number of carbonyl (C=O) groups is 1. The van der Waals surface area contributed by atoms with Crippen LogP contribution in [0.3, 0.4) is 0 Å². The number of aliphatic hydroxyl groups excluding tert-OH is 7. The van der Waals surface area contributed by atoms with E-state index in [0.717, 1.165) is 45.1 Å². The molecular weight excluding hydrogens is 692 g/mol. The molecule has 0 aromatic carbocycles. The third-order valence-corrected chi connectivity index (χ3v) is 15.9. The lowest BCUT2D eigenvalue weighted by Gasteiger charge is -2.60. The Balaban J connectivity index is 0.911. The maximum absolute atomic E-state index is 14.5. The van der Waals surface area contributed by atoms with E-state index in [4.69, 9.17) is 28.4 Å². The Hall–Kier alpha value is -0.850. The lowest BCUT2D eigenvalue weighted by atomic mass is 9.44. The molecule has 0 radical (unpaired) electrons. The van der Waals surface area contributed by atoms with Crippen molar-refractivity contribution in [2.24, 2.45) is 52.3 Å². The van der Waals surface area contributed by atoms with Crippen molar-refractivity contribution >= 4 is 5.78 Å². The van der Waals surface area contributed by atoms with Gasteiger partial charge in [-0.05, 0) is 85.4 Å². The molecule has 1 spiro atoms. The van der Waals surface area contributed by atoms with Crippen LogP contribution in [-0.2, 0) is 33.2 Å². The quantitative estimate of drug-likeness (QED) is 0.185. The van der Waals surface area contributed by atoms with Gasteiger partial charge in [0.25, 0.3) is 0 Å². The van der Waals surface area contributed by atoms with Crippen LogP contribution >= 0.6 is 0 Å². The highest BCUT2D eigenvalue weighted by atomic mass is 16.7. The lowest BCUT2D eigenvalue weighted by molar-refractivity contribution is -0.364. The normalized spacial score (nSPS) is 58.2. The Labute approximate surface area is 311 Å². The summed E-state index contributed by atoms with van der Waals surface area (Å²) in [6.45, 7) is 8.63. The molecule has 302 valence electrons. The van der Waals surface area contributed by atoms with Crippen molar-refractivity contribution in [2.45, 2.75) is 165 Å². The Kier molecular flexibility index (Phi) is 10.5. The molecule has 4 heterocycles. The molecule has 8 rings (SSSR count). The van der Waals surface area contributed by atoms with Crippen LogP contribution in [0.15, 0.2) is 0 Å². The first-order valence-corrected chi connectivity index (χ1v) is 20.2. The third kappa shape index (κ3) is 6.12. The number of ether oxygens (including phenoxy) is 6. The van der Waals surface area contributed by atoms with Gasteiger partial charge in [-0.3, -0.25) is 4.79 Å². The van der Waals surface area contributed by atoms with Crippen LogP contribution in [-0.4, -0.2) is 141 Å². The topological polar surface area (TPSA) is 214 Å². The molecule has 53 heavy (non-hydrogen) atoms. The van der Waals surface area contributed by atoms with E-state index in [9.17, 15) is 40.5 Å². The van der Waals surface area contributed by atoms with E-state index in [2.05, 4.69) is 27.7 Å². The van der Waals surface area contributed by atoms with Crippen molar-refractivity contribution in [3.63, 3.8) is 0 Å². The third-order valence-electron chi connectivity index (χ3n) is 15.9. The van der Waals surface area contributed by atoms with Crippen LogP contribution in [0.1, 0.15) is 85.5 Å². The number of hydrogen-bond donors (Lipinski definition) is 7. The number of fused-ring (bicyclic) bond motifs is 7. The fourth-order valence-corrected chi connectivity index (χ4v) is 13.0. The average Bonchev–Trinajstić information content (AvgIpc) is 3.57. The monoisotopic (exact) mass is 754 g/mol. The molecule has 22 atom stereocenters. The second-order valence-corrected chi connectivity index (χ2v) is 18.7. The minimum Gasteiger partial charge on any atom is -0.394 e. The fraction of sp³-hybridized carbons (Fsp3) is 0.974. The largest absolute Gasteiger partial charge is 0.394 e. The summed E-state index contributed by atoms with van der Waals surface area (Å²) in [5.41, 5.74) is -0.288. The van der Waals surface area contributed by atoms with Crippen LogP contribution < -0.4 is 0 Å². The van der Waals surface area contributed by atoms with Gasteiger partial charge in [0.05, 0.1) is 32.0 Å². The Morgan fingerprint density at radius 1 is 0.774 bits per heavy atom. The molecule has 0 amide bonds. The first kappa shape index (κ1) is 39.0. The van der Waals surface area contributed by atoms with Gasteiger partial charge in [0, 0.05) is 24.7 Å². The summed E-state index contributed by atoms with van der Waals surface area (Å²) in [7, 11) is 0. The highest BCUT2D eigenvalue weighted by Gasteiger charge is 2.71. The smallest absolute Gasteiger partial charge is 0.187 e. The summed E-state index contributed by atoms with van der Waals surface area (Å²) in [5, 5.41) is 72.7. The van der Waals surface area contributed by atoms with Crippen molar-refractivity contribution in [2.75, 3.05) is 19.8 Å². The zero-order valence-electron chi connectivity index (χ0n) is 31.4. The summed E-state index contributed by atoms with van der Waals surface area (Å²) < 4.78 is 36.8. The molecule has 4 aliphatic heterocycles. The second kappa shape index (κ2) is 14.2. The summed E-state index contributed by atoms with van der Waals surface area (Å²) in [6, 6.07) is 0. The number of hydrogen-bond acceptors (Lipinski definition) is 14. The van der Waals surface area contributed by atoms with Gasteiger partial charge in [-0.1, -0.05) is 27.7 Å². The number of aliphatic hydroxyl groups is 7. The number of ketones is 1. The molecule has 14 nitrogen and oxygen atoms in total. The molecule has 1 unspecified atom stereocenters. The Morgan fingerprint density at radius 3 is 2.17 bits per heavy atom. The molecule has 0 aromatic rings. The molecule has 8 aliphatic rings. The maximum Gasteiger partial charge on any atom is 0.187 e. The van der Waals surface area contributed by atoms with Gasteiger partial charge in [-0.25, -0.2) is 0 Å². The van der Waals surface area contributed by atoms with Gasteiger partial charge in [-0.2, -0.15) is 0 Å². The van der Waals surface area contributed by atoms with E-state index >= 15 is 0 Å². The first-order valence-electron chi connectivity index (χ1n) is 20.2. The molecule has 0 bridgehead atoms. The first-order chi connectivity index (χ1) is 25.2. The van der Waals surface area contributed by atoms with Crippen molar-refractivity contribution in [1.29, 1.82) is 0 Å². The van der Waals surface area contributed by atoms with Gasteiger partial charge < -0.3 is 64.2 Å². The molecule has 4 saturated carbocycles. The summed E-state index contributed by atoms with van der Waals surface area (Å²) >= 11 is 0. The molecule has 4 aliphatic carbocycles. The highest BCUT2D eigenvalue weighted by molar-refractivity contribution is 5.84. The minimum absolute atomic E-state index is 0.0208. The van der Waals surface area contributed by atoms with E-state index < -0.39 is 80.4 Å². The summed E-state index contributed by atoms with van der Waals surface area (Å²) in [4.78, 5) is 14.5. The Morgan fingerprint density at radius 2 is 1.47 bits per heavy atom. The predicted octanol–water partition coefficient (Wildman–Crippen LogP) is 0.621. The molecule has 4 saturated heterocycles. The van der Waals surface area contributed by atoms with Crippen LogP contribution in [0.25, 0.3) is 0 Å². The van der Waals surface area contributed by atoms with E-state index in [0.29, 0.717) is 48.7 Å². The van der Waals surface area contributed by atoms with E-state index in [1.807, 2.05) is 0 Å². The number of rotatable bonds is 6. The Bertz CT molecular complexity index is 1340. The maximum atomic E-state index is 14.5.